The van der Waals surface area contributed by atoms with Gasteiger partial charge in [-0.15, -0.1) is 0 Å². The SMILES string of the molecule is O=C(O)CCn1nccc1C(=O)Nc1cccc(Cn2cc(Cl)cn2)c1. The number of nitrogens with one attached hydrogen (secondary N) is 1. The van der Waals surface area contributed by atoms with E-state index in [9.17, 15) is 9.59 Å². The van der Waals surface area contributed by atoms with Gasteiger partial charge in [0, 0.05) is 18.1 Å². The molecule has 1 aromatic carbocycles. The van der Waals surface area contributed by atoms with Crippen LogP contribution in [0.25, 0.3) is 0 Å². The Kier molecular flexibility index (Phi) is 5.33. The highest BCUT2D eigenvalue weighted by molar-refractivity contribution is 6.30. The second kappa shape index (κ2) is 7.83. The molecule has 0 atom stereocenters. The van der Waals surface area contributed by atoms with Gasteiger partial charge in [0.05, 0.1) is 30.7 Å². The number of aromatic nitrogens is 4. The number of carbonyl (C=O) groups is 2. The topological polar surface area (TPSA) is 102 Å². The number of aliphatic carboxylic acids is 1. The van der Waals surface area contributed by atoms with Crippen LogP contribution >= 0.6 is 11.6 Å². The molecular formula is C17H16ClN5O3. The Bertz CT molecular complexity index is 934. The van der Waals surface area contributed by atoms with Gasteiger partial charge in [-0.1, -0.05) is 23.7 Å². The molecule has 0 saturated carbocycles. The number of benzene rings is 1. The highest BCUT2D eigenvalue weighted by atomic mass is 35.5. The van der Waals surface area contributed by atoms with Crippen molar-refractivity contribution in [1.82, 2.24) is 19.6 Å². The molecule has 9 heteroatoms. The fourth-order valence-corrected chi connectivity index (χ4v) is 2.62. The fraction of sp³-hybridized carbons (Fsp3) is 0.176. The number of aryl methyl sites for hydroxylation is 1. The van der Waals surface area contributed by atoms with Gasteiger partial charge in [0.1, 0.15) is 5.69 Å². The first-order valence-corrected chi connectivity index (χ1v) is 8.21. The number of rotatable bonds is 7. The molecule has 2 heterocycles. The summed E-state index contributed by atoms with van der Waals surface area (Å²) in [6, 6.07) is 8.91. The Morgan fingerprint density at radius 1 is 1.23 bits per heavy atom. The molecule has 0 fully saturated rings. The summed E-state index contributed by atoms with van der Waals surface area (Å²) in [5.41, 5.74) is 1.87. The predicted octanol–water partition coefficient (Wildman–Crippen LogP) is 2.51. The number of carbonyl (C=O) groups excluding carboxylic acids is 1. The van der Waals surface area contributed by atoms with E-state index in [-0.39, 0.29) is 18.9 Å². The first-order valence-electron chi connectivity index (χ1n) is 7.83. The Morgan fingerprint density at radius 3 is 2.81 bits per heavy atom. The minimum Gasteiger partial charge on any atom is -0.481 e. The minimum absolute atomic E-state index is 0.107. The van der Waals surface area contributed by atoms with Gasteiger partial charge in [0.2, 0.25) is 0 Å². The van der Waals surface area contributed by atoms with E-state index in [4.69, 9.17) is 16.7 Å². The molecule has 2 N–H and O–H groups in total. The zero-order valence-corrected chi connectivity index (χ0v) is 14.4. The normalized spacial score (nSPS) is 10.7. The van der Waals surface area contributed by atoms with Crippen molar-refractivity contribution >= 4 is 29.2 Å². The average Bonchev–Trinajstić information content (AvgIpc) is 3.22. The third-order valence-electron chi connectivity index (χ3n) is 3.62. The number of nitrogens with zero attached hydrogens (tertiary/aromatic N) is 4. The summed E-state index contributed by atoms with van der Waals surface area (Å²) in [6.07, 6.45) is 4.64. The summed E-state index contributed by atoms with van der Waals surface area (Å²) in [4.78, 5) is 23.2. The molecule has 0 aliphatic rings. The van der Waals surface area contributed by atoms with E-state index in [2.05, 4.69) is 15.5 Å². The minimum atomic E-state index is -0.946. The zero-order chi connectivity index (χ0) is 18.5. The number of carboxylic acid groups (broad SMARTS) is 1. The quantitative estimate of drug-likeness (QED) is 0.662. The molecule has 3 rings (SSSR count). The monoisotopic (exact) mass is 373 g/mol. The standard InChI is InChI=1S/C17H16ClN5O3/c18-13-9-20-22(11-13)10-12-2-1-3-14(8-12)21-17(26)15-4-6-19-23(15)7-5-16(24)25/h1-4,6,8-9,11H,5,7,10H2,(H,21,26)(H,24,25). The van der Waals surface area contributed by atoms with E-state index in [1.165, 1.54) is 10.9 Å². The lowest BCUT2D eigenvalue weighted by Gasteiger charge is -2.09. The Hall–Kier alpha value is -3.13. The van der Waals surface area contributed by atoms with Crippen LogP contribution in [0.2, 0.25) is 5.02 Å². The van der Waals surface area contributed by atoms with Crippen molar-refractivity contribution in [3.63, 3.8) is 0 Å². The smallest absolute Gasteiger partial charge is 0.305 e. The molecule has 1 amide bonds. The molecule has 0 saturated heterocycles. The zero-order valence-electron chi connectivity index (χ0n) is 13.7. The second-order valence-corrected chi connectivity index (χ2v) is 6.03. The van der Waals surface area contributed by atoms with E-state index in [0.29, 0.717) is 22.9 Å². The number of hydrogen-bond donors (Lipinski definition) is 2. The highest BCUT2D eigenvalue weighted by Crippen LogP contribution is 2.14. The maximum absolute atomic E-state index is 12.5. The van der Waals surface area contributed by atoms with Crippen molar-refractivity contribution in [3.05, 3.63) is 65.2 Å². The predicted molar refractivity (Wildman–Crippen MR) is 95.2 cm³/mol. The van der Waals surface area contributed by atoms with Gasteiger partial charge in [0.25, 0.3) is 5.91 Å². The van der Waals surface area contributed by atoms with Crippen LogP contribution in [0, 0.1) is 0 Å². The number of anilines is 1. The lowest BCUT2D eigenvalue weighted by molar-refractivity contribution is -0.137. The van der Waals surface area contributed by atoms with Crippen molar-refractivity contribution in [1.29, 1.82) is 0 Å². The first-order chi connectivity index (χ1) is 12.5. The number of carboxylic acids is 1. The van der Waals surface area contributed by atoms with Crippen molar-refractivity contribution in [2.75, 3.05) is 5.32 Å². The van der Waals surface area contributed by atoms with Crippen LogP contribution in [0.15, 0.2) is 48.9 Å². The molecule has 0 aliphatic heterocycles. The molecule has 0 spiro atoms. The Balaban J connectivity index is 1.69. The van der Waals surface area contributed by atoms with Gasteiger partial charge < -0.3 is 10.4 Å². The van der Waals surface area contributed by atoms with Crippen LogP contribution in [0.5, 0.6) is 0 Å². The van der Waals surface area contributed by atoms with Crippen LogP contribution in [0.4, 0.5) is 5.69 Å². The van der Waals surface area contributed by atoms with Crippen LogP contribution in [-0.4, -0.2) is 36.5 Å². The van der Waals surface area contributed by atoms with E-state index < -0.39 is 5.97 Å². The van der Waals surface area contributed by atoms with Crippen LogP contribution in [0.3, 0.4) is 0 Å². The van der Waals surface area contributed by atoms with Crippen LogP contribution in [-0.2, 0) is 17.9 Å². The molecule has 0 bridgehead atoms. The van der Waals surface area contributed by atoms with Crippen LogP contribution in [0.1, 0.15) is 22.5 Å². The average molecular weight is 374 g/mol. The molecule has 0 radical (unpaired) electrons. The molecular weight excluding hydrogens is 358 g/mol. The first kappa shape index (κ1) is 17.7. The molecule has 0 unspecified atom stereocenters. The largest absolute Gasteiger partial charge is 0.481 e. The van der Waals surface area contributed by atoms with Gasteiger partial charge in [-0.2, -0.15) is 10.2 Å². The van der Waals surface area contributed by atoms with Crippen molar-refractivity contribution < 1.29 is 14.7 Å². The molecule has 26 heavy (non-hydrogen) atoms. The summed E-state index contributed by atoms with van der Waals surface area (Å²) >= 11 is 5.86. The molecule has 2 aromatic heterocycles. The second-order valence-electron chi connectivity index (χ2n) is 5.59. The van der Waals surface area contributed by atoms with Gasteiger partial charge in [-0.25, -0.2) is 0 Å². The van der Waals surface area contributed by atoms with Crippen molar-refractivity contribution in [3.8, 4) is 0 Å². The fourth-order valence-electron chi connectivity index (χ4n) is 2.46. The third-order valence-corrected chi connectivity index (χ3v) is 3.81. The molecule has 8 nitrogen and oxygen atoms in total. The summed E-state index contributed by atoms with van der Waals surface area (Å²) in [5, 5.41) is 20.3. The number of hydrogen-bond acceptors (Lipinski definition) is 4. The van der Waals surface area contributed by atoms with Crippen molar-refractivity contribution in [2.24, 2.45) is 0 Å². The molecule has 0 aliphatic carbocycles. The van der Waals surface area contributed by atoms with Crippen LogP contribution < -0.4 is 5.32 Å². The van der Waals surface area contributed by atoms with Crippen molar-refractivity contribution in [2.45, 2.75) is 19.5 Å². The number of halogens is 1. The Morgan fingerprint density at radius 2 is 2.08 bits per heavy atom. The summed E-state index contributed by atoms with van der Waals surface area (Å²) in [7, 11) is 0. The summed E-state index contributed by atoms with van der Waals surface area (Å²) in [5.74, 6) is -1.30. The maximum atomic E-state index is 12.5. The molecule has 3 aromatic rings. The summed E-state index contributed by atoms with van der Waals surface area (Å²) in [6.45, 7) is 0.651. The van der Waals surface area contributed by atoms with E-state index in [1.54, 1.807) is 29.2 Å². The Labute approximate surface area is 154 Å². The van der Waals surface area contributed by atoms with Gasteiger partial charge >= 0.3 is 5.97 Å². The lowest BCUT2D eigenvalue weighted by atomic mass is 10.2. The van der Waals surface area contributed by atoms with Gasteiger partial charge in [-0.05, 0) is 23.8 Å². The molecule has 134 valence electrons. The van der Waals surface area contributed by atoms with Gasteiger partial charge in [0.15, 0.2) is 0 Å². The van der Waals surface area contributed by atoms with E-state index in [1.807, 2.05) is 18.2 Å². The van der Waals surface area contributed by atoms with Gasteiger partial charge in [-0.3, -0.25) is 19.0 Å². The van der Waals surface area contributed by atoms with E-state index in [0.717, 1.165) is 5.56 Å². The lowest BCUT2D eigenvalue weighted by Crippen LogP contribution is -2.19. The maximum Gasteiger partial charge on any atom is 0.305 e. The number of amides is 1. The summed E-state index contributed by atoms with van der Waals surface area (Å²) < 4.78 is 3.07. The highest BCUT2D eigenvalue weighted by Gasteiger charge is 2.13. The third kappa shape index (κ3) is 4.48. The van der Waals surface area contributed by atoms with E-state index >= 15 is 0 Å².